The molecule has 1 saturated heterocycles. The first-order valence-electron chi connectivity index (χ1n) is 12.5. The number of halogens is 4. The van der Waals surface area contributed by atoms with E-state index < -0.39 is 56.5 Å². The van der Waals surface area contributed by atoms with Gasteiger partial charge in [0.05, 0.1) is 16.9 Å². The molecule has 3 aliphatic rings. The second-order valence-electron chi connectivity index (χ2n) is 10.5. The predicted octanol–water partition coefficient (Wildman–Crippen LogP) is 4.29. The van der Waals surface area contributed by atoms with Gasteiger partial charge in [-0.25, -0.2) is 17.8 Å². The summed E-state index contributed by atoms with van der Waals surface area (Å²) in [5, 5.41) is 2.19. The largest absolute Gasteiger partial charge is 0.419 e. The third-order valence-electron chi connectivity index (χ3n) is 7.36. The fourth-order valence-corrected chi connectivity index (χ4v) is 6.64. The Balaban J connectivity index is 1.36. The summed E-state index contributed by atoms with van der Waals surface area (Å²) >= 11 is 0. The average molecular weight is 554 g/mol. The van der Waals surface area contributed by atoms with Crippen molar-refractivity contribution < 1.29 is 35.6 Å². The second kappa shape index (κ2) is 9.62. The summed E-state index contributed by atoms with van der Waals surface area (Å²) < 4.78 is 78.5. The van der Waals surface area contributed by atoms with E-state index >= 15 is 0 Å². The van der Waals surface area contributed by atoms with Crippen LogP contribution >= 0.6 is 0 Å². The van der Waals surface area contributed by atoms with Crippen LogP contribution in [-0.2, 0) is 20.8 Å². The topological polar surface area (TPSA) is 96.4 Å². The lowest BCUT2D eigenvalue weighted by Crippen LogP contribution is -2.47. The number of pyridine rings is 1. The van der Waals surface area contributed by atoms with Crippen LogP contribution in [0.3, 0.4) is 0 Å². The van der Waals surface area contributed by atoms with E-state index in [1.54, 1.807) is 0 Å². The van der Waals surface area contributed by atoms with E-state index in [-0.39, 0.29) is 34.5 Å². The van der Waals surface area contributed by atoms with Crippen molar-refractivity contribution in [3.05, 3.63) is 59.0 Å². The Morgan fingerprint density at radius 1 is 1.11 bits per heavy atom. The maximum atomic E-state index is 14.3. The molecule has 12 heteroatoms. The Hall–Kier alpha value is -3.02. The number of sulfone groups is 1. The van der Waals surface area contributed by atoms with Crippen molar-refractivity contribution >= 4 is 21.7 Å². The van der Waals surface area contributed by atoms with Gasteiger partial charge in [-0.15, -0.1) is 0 Å². The summed E-state index contributed by atoms with van der Waals surface area (Å²) in [5.41, 5.74) is -1.03. The third-order valence-corrected chi connectivity index (χ3v) is 9.51. The van der Waals surface area contributed by atoms with E-state index in [0.29, 0.717) is 25.3 Å². The summed E-state index contributed by atoms with van der Waals surface area (Å²) in [5.74, 6) is -2.47. The summed E-state index contributed by atoms with van der Waals surface area (Å²) in [6.07, 6.45) is -0.641. The van der Waals surface area contributed by atoms with Crippen molar-refractivity contribution in [2.45, 2.75) is 67.6 Å². The zero-order valence-corrected chi connectivity index (χ0v) is 21.4. The van der Waals surface area contributed by atoms with Gasteiger partial charge >= 0.3 is 6.18 Å². The molecule has 5 rings (SSSR count). The van der Waals surface area contributed by atoms with E-state index in [9.17, 15) is 35.6 Å². The zero-order chi connectivity index (χ0) is 27.4. The standard InChI is InChI=1S/C26H27F4N3O4S/c1-14-10-21(33(13-14)25(35)17-8-9-31-22(12-17)38(36,37)18-5-6-18)24(34)32-23(15-2-3-15)16-4-7-19(20(27)11-16)26(28,29)30/h4,7-9,11-12,14-15,18,21,23H,2-3,5-6,10,13H2,1H3,(H,32,34)/t14-,21-,23-/m1/s1. The lowest BCUT2D eigenvalue weighted by molar-refractivity contribution is -0.140. The van der Waals surface area contributed by atoms with Gasteiger partial charge in [0.15, 0.2) is 14.9 Å². The molecule has 1 aliphatic heterocycles. The van der Waals surface area contributed by atoms with E-state index in [0.717, 1.165) is 18.9 Å². The minimum absolute atomic E-state index is 0.0194. The molecule has 2 amide bonds. The van der Waals surface area contributed by atoms with E-state index in [2.05, 4.69) is 10.3 Å². The van der Waals surface area contributed by atoms with Crippen LogP contribution in [0.4, 0.5) is 17.6 Å². The highest BCUT2D eigenvalue weighted by atomic mass is 32.2. The van der Waals surface area contributed by atoms with Crippen LogP contribution in [0.5, 0.6) is 0 Å². The number of alkyl halides is 3. The van der Waals surface area contributed by atoms with Gasteiger partial charge in [0.2, 0.25) is 5.91 Å². The van der Waals surface area contributed by atoms with E-state index in [1.165, 1.54) is 29.3 Å². The molecule has 7 nitrogen and oxygen atoms in total. The van der Waals surface area contributed by atoms with Gasteiger partial charge in [-0.2, -0.15) is 13.2 Å². The summed E-state index contributed by atoms with van der Waals surface area (Å²) in [6.45, 7) is 2.15. The lowest BCUT2D eigenvalue weighted by atomic mass is 9.99. The highest BCUT2D eigenvalue weighted by molar-refractivity contribution is 7.92. The van der Waals surface area contributed by atoms with Crippen LogP contribution in [0.2, 0.25) is 0 Å². The van der Waals surface area contributed by atoms with Crippen LogP contribution in [0, 0.1) is 17.7 Å². The first-order chi connectivity index (χ1) is 17.9. The molecular formula is C26H27F4N3O4S. The molecule has 3 fully saturated rings. The molecule has 0 unspecified atom stereocenters. The maximum Gasteiger partial charge on any atom is 0.419 e. The molecule has 2 aliphatic carbocycles. The van der Waals surface area contributed by atoms with Crippen molar-refractivity contribution in [1.29, 1.82) is 0 Å². The smallest absolute Gasteiger partial charge is 0.347 e. The van der Waals surface area contributed by atoms with Crippen molar-refractivity contribution in [3.8, 4) is 0 Å². The molecule has 1 aromatic carbocycles. The molecule has 0 spiro atoms. The van der Waals surface area contributed by atoms with Gasteiger partial charge in [-0.3, -0.25) is 9.59 Å². The third kappa shape index (κ3) is 5.27. The number of nitrogens with zero attached hydrogens (tertiary/aromatic N) is 2. The van der Waals surface area contributed by atoms with Gasteiger partial charge < -0.3 is 10.2 Å². The summed E-state index contributed by atoms with van der Waals surface area (Å²) in [6, 6.07) is 3.75. The molecule has 1 aromatic heterocycles. The van der Waals surface area contributed by atoms with Gasteiger partial charge in [0.1, 0.15) is 11.9 Å². The number of benzene rings is 1. The molecule has 1 N–H and O–H groups in total. The van der Waals surface area contributed by atoms with Crippen LogP contribution in [-0.4, -0.2) is 48.0 Å². The number of nitrogens with one attached hydrogen (secondary N) is 1. The predicted molar refractivity (Wildman–Crippen MR) is 128 cm³/mol. The average Bonchev–Trinajstić information content (AvgIpc) is 3.78. The van der Waals surface area contributed by atoms with Crippen LogP contribution in [0.25, 0.3) is 0 Å². The van der Waals surface area contributed by atoms with Crippen molar-refractivity contribution in [1.82, 2.24) is 15.2 Å². The number of amides is 2. The van der Waals surface area contributed by atoms with Crippen molar-refractivity contribution in [2.75, 3.05) is 6.54 Å². The van der Waals surface area contributed by atoms with Crippen molar-refractivity contribution in [2.24, 2.45) is 11.8 Å². The quantitative estimate of drug-likeness (QED) is 0.516. The minimum Gasteiger partial charge on any atom is -0.347 e. The number of hydrogen-bond donors (Lipinski definition) is 1. The number of hydrogen-bond acceptors (Lipinski definition) is 5. The monoisotopic (exact) mass is 553 g/mol. The Morgan fingerprint density at radius 3 is 2.42 bits per heavy atom. The Bertz CT molecular complexity index is 1370. The molecule has 2 heterocycles. The van der Waals surface area contributed by atoms with E-state index in [1.807, 2.05) is 6.92 Å². The minimum atomic E-state index is -4.83. The fourth-order valence-electron chi connectivity index (χ4n) is 5.04. The van der Waals surface area contributed by atoms with Gasteiger partial charge in [0, 0.05) is 18.3 Å². The van der Waals surface area contributed by atoms with Crippen LogP contribution in [0.1, 0.15) is 66.6 Å². The second-order valence-corrected chi connectivity index (χ2v) is 12.7. The normalized spacial score (nSPS) is 22.8. The van der Waals surface area contributed by atoms with Crippen molar-refractivity contribution in [3.63, 3.8) is 0 Å². The van der Waals surface area contributed by atoms with Crippen LogP contribution < -0.4 is 5.32 Å². The van der Waals surface area contributed by atoms with Gasteiger partial charge in [0.25, 0.3) is 5.91 Å². The van der Waals surface area contributed by atoms with Gasteiger partial charge in [-0.05, 0) is 73.8 Å². The number of carbonyl (C=O) groups excluding carboxylic acids is 2. The first kappa shape index (κ1) is 26.6. The SMILES string of the molecule is C[C@@H]1C[C@H](C(=O)N[C@@H](c2ccc(C(F)(F)F)c(F)c2)C2CC2)N(C(=O)c2ccnc(S(=O)(=O)C3CC3)c2)C1. The summed E-state index contributed by atoms with van der Waals surface area (Å²) in [4.78, 5) is 32.1. The maximum absolute atomic E-state index is 14.3. The number of rotatable bonds is 7. The molecule has 3 atom stereocenters. The Labute approximate surface area is 217 Å². The summed E-state index contributed by atoms with van der Waals surface area (Å²) in [7, 11) is -3.61. The van der Waals surface area contributed by atoms with Crippen LogP contribution in [0.15, 0.2) is 41.6 Å². The lowest BCUT2D eigenvalue weighted by Gasteiger charge is -2.27. The Kier molecular flexibility index (Phi) is 6.73. The Morgan fingerprint density at radius 2 is 1.82 bits per heavy atom. The molecule has 2 saturated carbocycles. The first-order valence-corrected chi connectivity index (χ1v) is 14.1. The number of aromatic nitrogens is 1. The highest BCUT2D eigenvalue weighted by Gasteiger charge is 2.43. The molecule has 0 bridgehead atoms. The molecule has 204 valence electrons. The molecular weight excluding hydrogens is 526 g/mol. The number of likely N-dealkylation sites (tertiary alicyclic amines) is 1. The number of carbonyl (C=O) groups is 2. The molecule has 38 heavy (non-hydrogen) atoms. The van der Waals surface area contributed by atoms with Gasteiger partial charge in [-0.1, -0.05) is 13.0 Å². The molecule has 2 aromatic rings. The highest BCUT2D eigenvalue weighted by Crippen LogP contribution is 2.42. The van der Waals surface area contributed by atoms with E-state index in [4.69, 9.17) is 0 Å². The molecule has 0 radical (unpaired) electrons. The fraction of sp³-hybridized carbons (Fsp3) is 0.500. The zero-order valence-electron chi connectivity index (χ0n) is 20.5.